The minimum Gasteiger partial charge on any atom is -0.363 e. The minimum atomic E-state index is -2.73. The smallest absolute Gasteiger partial charge is 0.297 e. The quantitative estimate of drug-likeness (QED) is 0.513. The molecule has 4 aromatic rings. The average Bonchev–Trinajstić information content (AvgIpc) is 3.17. The molecule has 1 atom stereocenters. The highest BCUT2D eigenvalue weighted by atomic mass is 19.3. The Kier molecular flexibility index (Phi) is 4.97. The second-order valence-corrected chi connectivity index (χ2v) is 6.57. The second kappa shape index (κ2) is 7.72. The maximum atomic E-state index is 13.2. The predicted molar refractivity (Wildman–Crippen MR) is 104 cm³/mol. The Hall–Kier alpha value is -3.35. The Balaban J connectivity index is 1.58. The predicted octanol–water partition coefficient (Wildman–Crippen LogP) is 4.99. The summed E-state index contributed by atoms with van der Waals surface area (Å²) in [7, 11) is 0. The monoisotopic (exact) mass is 379 g/mol. The van der Waals surface area contributed by atoms with Gasteiger partial charge in [-0.25, -0.2) is 18.7 Å². The maximum Gasteiger partial charge on any atom is 0.297 e. The van der Waals surface area contributed by atoms with Crippen LogP contribution in [0.25, 0.3) is 10.9 Å². The fraction of sp³-hybridized carbons (Fsp3) is 0.190. The van der Waals surface area contributed by atoms with E-state index in [9.17, 15) is 8.78 Å². The molecule has 0 radical (unpaired) electrons. The molecule has 0 saturated carbocycles. The summed E-state index contributed by atoms with van der Waals surface area (Å²) in [4.78, 5) is 7.99. The summed E-state index contributed by atoms with van der Waals surface area (Å²) in [5.41, 5.74) is 2.58. The van der Waals surface area contributed by atoms with Crippen LogP contribution in [0.2, 0.25) is 0 Å². The van der Waals surface area contributed by atoms with Gasteiger partial charge in [0.05, 0.1) is 24.3 Å². The minimum absolute atomic E-state index is 0.159. The SMILES string of the molecule is CC(Nc1nc(C(F)F)nc2ccccc12)c1cnn(Cc2ccccc2)c1. The summed E-state index contributed by atoms with van der Waals surface area (Å²) in [5, 5.41) is 8.35. The van der Waals surface area contributed by atoms with Crippen molar-refractivity contribution in [3.63, 3.8) is 0 Å². The molecule has 2 aromatic heterocycles. The number of fused-ring (bicyclic) bond motifs is 1. The zero-order valence-electron chi connectivity index (χ0n) is 15.3. The van der Waals surface area contributed by atoms with Crippen LogP contribution in [0.1, 0.15) is 36.3 Å². The molecule has 0 aliphatic heterocycles. The molecule has 7 heteroatoms. The summed E-state index contributed by atoms with van der Waals surface area (Å²) in [5.74, 6) is -0.0858. The number of hydrogen-bond acceptors (Lipinski definition) is 4. The van der Waals surface area contributed by atoms with Gasteiger partial charge in [-0.15, -0.1) is 0 Å². The lowest BCUT2D eigenvalue weighted by Crippen LogP contribution is -2.10. The average molecular weight is 379 g/mol. The summed E-state index contributed by atoms with van der Waals surface area (Å²) in [6, 6.07) is 17.0. The Morgan fingerprint density at radius 1 is 1.00 bits per heavy atom. The third-order valence-corrected chi connectivity index (χ3v) is 4.51. The number of nitrogens with one attached hydrogen (secondary N) is 1. The van der Waals surface area contributed by atoms with E-state index >= 15 is 0 Å². The third kappa shape index (κ3) is 3.83. The van der Waals surface area contributed by atoms with E-state index in [-0.39, 0.29) is 6.04 Å². The number of rotatable bonds is 6. The van der Waals surface area contributed by atoms with E-state index in [4.69, 9.17) is 0 Å². The number of hydrogen-bond donors (Lipinski definition) is 1. The molecule has 0 fully saturated rings. The van der Waals surface area contributed by atoms with Gasteiger partial charge in [0.2, 0.25) is 0 Å². The Bertz CT molecular complexity index is 1080. The Morgan fingerprint density at radius 3 is 2.54 bits per heavy atom. The zero-order chi connectivity index (χ0) is 19.5. The van der Waals surface area contributed by atoms with Gasteiger partial charge < -0.3 is 5.32 Å². The number of para-hydroxylation sites is 1. The lowest BCUT2D eigenvalue weighted by Gasteiger charge is -2.15. The fourth-order valence-corrected chi connectivity index (χ4v) is 3.05. The summed E-state index contributed by atoms with van der Waals surface area (Å²) in [6.45, 7) is 2.61. The Morgan fingerprint density at radius 2 is 1.75 bits per heavy atom. The van der Waals surface area contributed by atoms with Crippen molar-refractivity contribution in [2.75, 3.05) is 5.32 Å². The first kappa shape index (κ1) is 18.0. The van der Waals surface area contributed by atoms with Crippen LogP contribution in [-0.2, 0) is 6.54 Å². The lowest BCUT2D eigenvalue weighted by atomic mass is 10.1. The topological polar surface area (TPSA) is 55.6 Å². The van der Waals surface area contributed by atoms with Crippen LogP contribution in [0.5, 0.6) is 0 Å². The molecule has 0 aliphatic rings. The number of anilines is 1. The fourth-order valence-electron chi connectivity index (χ4n) is 3.05. The Labute approximate surface area is 161 Å². The molecular formula is C21H19F2N5. The largest absolute Gasteiger partial charge is 0.363 e. The lowest BCUT2D eigenvalue weighted by molar-refractivity contribution is 0.141. The van der Waals surface area contributed by atoms with Crippen LogP contribution < -0.4 is 5.32 Å². The van der Waals surface area contributed by atoms with Crippen LogP contribution in [0, 0.1) is 0 Å². The van der Waals surface area contributed by atoms with E-state index in [0.717, 1.165) is 11.1 Å². The van der Waals surface area contributed by atoms with Gasteiger partial charge in [-0.1, -0.05) is 42.5 Å². The van der Waals surface area contributed by atoms with E-state index < -0.39 is 12.2 Å². The van der Waals surface area contributed by atoms with Crippen LogP contribution in [0.4, 0.5) is 14.6 Å². The number of halogens is 2. The van der Waals surface area contributed by atoms with E-state index in [1.165, 1.54) is 0 Å². The van der Waals surface area contributed by atoms with Crippen molar-refractivity contribution in [2.45, 2.75) is 25.9 Å². The highest BCUT2D eigenvalue weighted by Gasteiger charge is 2.17. The maximum absolute atomic E-state index is 13.2. The highest BCUT2D eigenvalue weighted by molar-refractivity contribution is 5.89. The molecule has 142 valence electrons. The van der Waals surface area contributed by atoms with Crippen LogP contribution >= 0.6 is 0 Å². The van der Waals surface area contributed by atoms with Crippen molar-refractivity contribution in [3.05, 3.63) is 83.9 Å². The highest BCUT2D eigenvalue weighted by Crippen LogP contribution is 2.27. The van der Waals surface area contributed by atoms with Gasteiger partial charge in [-0.05, 0) is 24.6 Å². The van der Waals surface area contributed by atoms with E-state index in [2.05, 4.69) is 20.4 Å². The number of aromatic nitrogens is 4. The molecule has 5 nitrogen and oxygen atoms in total. The summed E-state index contributed by atoms with van der Waals surface area (Å²) in [6.07, 6.45) is 0.995. The van der Waals surface area contributed by atoms with Gasteiger partial charge >= 0.3 is 0 Å². The molecule has 0 amide bonds. The molecule has 2 heterocycles. The molecule has 0 spiro atoms. The van der Waals surface area contributed by atoms with Gasteiger partial charge in [0, 0.05) is 17.1 Å². The van der Waals surface area contributed by atoms with Crippen molar-refractivity contribution >= 4 is 16.7 Å². The molecule has 1 N–H and O–H groups in total. The molecule has 2 aromatic carbocycles. The van der Waals surface area contributed by atoms with Crippen molar-refractivity contribution in [1.29, 1.82) is 0 Å². The van der Waals surface area contributed by atoms with Gasteiger partial charge in [0.15, 0.2) is 5.82 Å². The van der Waals surface area contributed by atoms with Crippen molar-refractivity contribution in [3.8, 4) is 0 Å². The summed E-state index contributed by atoms with van der Waals surface area (Å²) < 4.78 is 28.2. The van der Waals surface area contributed by atoms with Gasteiger partial charge in [-0.2, -0.15) is 5.10 Å². The number of nitrogens with zero attached hydrogens (tertiary/aromatic N) is 4. The van der Waals surface area contributed by atoms with Crippen LogP contribution in [0.15, 0.2) is 67.0 Å². The van der Waals surface area contributed by atoms with Crippen molar-refractivity contribution in [1.82, 2.24) is 19.7 Å². The van der Waals surface area contributed by atoms with E-state index in [1.807, 2.05) is 60.3 Å². The zero-order valence-corrected chi connectivity index (χ0v) is 15.3. The normalized spacial score (nSPS) is 12.4. The molecule has 4 rings (SSSR count). The molecule has 28 heavy (non-hydrogen) atoms. The third-order valence-electron chi connectivity index (χ3n) is 4.51. The first-order chi connectivity index (χ1) is 13.6. The molecule has 0 aliphatic carbocycles. The van der Waals surface area contributed by atoms with E-state index in [0.29, 0.717) is 23.3 Å². The van der Waals surface area contributed by atoms with Gasteiger partial charge in [0.25, 0.3) is 6.43 Å². The first-order valence-electron chi connectivity index (χ1n) is 8.98. The second-order valence-electron chi connectivity index (χ2n) is 6.57. The van der Waals surface area contributed by atoms with Crippen molar-refractivity contribution < 1.29 is 8.78 Å². The molecule has 0 saturated heterocycles. The van der Waals surface area contributed by atoms with Crippen molar-refractivity contribution in [2.24, 2.45) is 0 Å². The number of benzene rings is 2. The number of alkyl halides is 2. The summed E-state index contributed by atoms with van der Waals surface area (Å²) >= 11 is 0. The molecule has 1 unspecified atom stereocenters. The molecule has 0 bridgehead atoms. The van der Waals surface area contributed by atoms with Gasteiger partial charge in [0.1, 0.15) is 5.82 Å². The van der Waals surface area contributed by atoms with Crippen LogP contribution in [0.3, 0.4) is 0 Å². The van der Waals surface area contributed by atoms with Gasteiger partial charge in [-0.3, -0.25) is 4.68 Å². The van der Waals surface area contributed by atoms with E-state index in [1.54, 1.807) is 18.3 Å². The molecular weight excluding hydrogens is 360 g/mol. The van der Waals surface area contributed by atoms with Crippen LogP contribution in [-0.4, -0.2) is 19.7 Å². The first-order valence-corrected chi connectivity index (χ1v) is 8.98. The standard InChI is InChI=1S/C21H19F2N5/c1-14(16-11-24-28(13-16)12-15-7-3-2-4-8-15)25-20-17-9-5-6-10-18(17)26-21(27-20)19(22)23/h2-11,13-14,19H,12H2,1H3,(H,25,26,27).